The molecule has 2 atom stereocenters. The van der Waals surface area contributed by atoms with Crippen LogP contribution in [0, 0.1) is 0 Å². The summed E-state index contributed by atoms with van der Waals surface area (Å²) < 4.78 is 0. The average Bonchev–Trinajstić information content (AvgIpc) is 2.71. The van der Waals surface area contributed by atoms with Gasteiger partial charge in [-0.1, -0.05) is 48.5 Å². The highest BCUT2D eigenvalue weighted by Gasteiger charge is 2.25. The Labute approximate surface area is 106 Å². The standard InChI is InChI=1S/C15H28N2/c1-8-10(3)12-13(15(5,6)7)17-14(16-12)11(4)9-2/h10-11H,8-9H2,1-7H3,(H,16,17). The Hall–Kier alpha value is -0.790. The summed E-state index contributed by atoms with van der Waals surface area (Å²) in [4.78, 5) is 8.44. The van der Waals surface area contributed by atoms with Crippen molar-refractivity contribution in [3.63, 3.8) is 0 Å². The quantitative estimate of drug-likeness (QED) is 0.804. The summed E-state index contributed by atoms with van der Waals surface area (Å²) in [6.45, 7) is 15.7. The minimum Gasteiger partial charge on any atom is -0.345 e. The molecule has 0 saturated heterocycles. The first-order valence-electron chi connectivity index (χ1n) is 6.91. The van der Waals surface area contributed by atoms with Crippen LogP contribution in [0.2, 0.25) is 0 Å². The molecule has 2 heteroatoms. The van der Waals surface area contributed by atoms with Crippen LogP contribution in [0.15, 0.2) is 0 Å². The Kier molecular flexibility index (Phi) is 4.40. The Balaban J connectivity index is 3.21. The van der Waals surface area contributed by atoms with E-state index in [1.54, 1.807) is 0 Å². The van der Waals surface area contributed by atoms with Crippen molar-refractivity contribution in [2.24, 2.45) is 0 Å². The van der Waals surface area contributed by atoms with Gasteiger partial charge >= 0.3 is 0 Å². The Morgan fingerprint density at radius 1 is 1.06 bits per heavy atom. The van der Waals surface area contributed by atoms with E-state index in [4.69, 9.17) is 4.98 Å². The molecule has 0 aliphatic heterocycles. The van der Waals surface area contributed by atoms with Gasteiger partial charge in [-0.15, -0.1) is 0 Å². The van der Waals surface area contributed by atoms with Gasteiger partial charge in [0.2, 0.25) is 0 Å². The number of hydrogen-bond acceptors (Lipinski definition) is 1. The molecule has 0 aliphatic carbocycles. The molecule has 17 heavy (non-hydrogen) atoms. The highest BCUT2D eigenvalue weighted by Crippen LogP contribution is 2.32. The van der Waals surface area contributed by atoms with Crippen molar-refractivity contribution >= 4 is 0 Å². The fourth-order valence-electron chi connectivity index (χ4n) is 1.95. The zero-order valence-corrected chi connectivity index (χ0v) is 12.5. The van der Waals surface area contributed by atoms with Gasteiger partial charge in [-0.2, -0.15) is 0 Å². The van der Waals surface area contributed by atoms with Crippen LogP contribution in [0.4, 0.5) is 0 Å². The van der Waals surface area contributed by atoms with Crippen LogP contribution < -0.4 is 0 Å². The molecule has 0 aromatic carbocycles. The molecule has 0 bridgehead atoms. The summed E-state index contributed by atoms with van der Waals surface area (Å²) in [6.07, 6.45) is 2.28. The monoisotopic (exact) mass is 236 g/mol. The van der Waals surface area contributed by atoms with Gasteiger partial charge in [0.15, 0.2) is 0 Å². The van der Waals surface area contributed by atoms with Crippen LogP contribution in [0.1, 0.15) is 90.4 Å². The zero-order valence-electron chi connectivity index (χ0n) is 12.5. The molecule has 1 N–H and O–H groups in total. The summed E-state index contributed by atoms with van der Waals surface area (Å²) in [5.74, 6) is 2.22. The van der Waals surface area contributed by atoms with Gasteiger partial charge < -0.3 is 4.98 Å². The average molecular weight is 236 g/mol. The van der Waals surface area contributed by atoms with Crippen LogP contribution in [-0.2, 0) is 5.41 Å². The third kappa shape index (κ3) is 3.11. The maximum atomic E-state index is 4.86. The maximum Gasteiger partial charge on any atom is 0.109 e. The molecule has 98 valence electrons. The number of rotatable bonds is 4. The molecule has 1 heterocycles. The third-order valence-electron chi connectivity index (χ3n) is 3.66. The lowest BCUT2D eigenvalue weighted by Gasteiger charge is -2.20. The van der Waals surface area contributed by atoms with Gasteiger partial charge in [-0.05, 0) is 18.8 Å². The van der Waals surface area contributed by atoms with E-state index in [9.17, 15) is 0 Å². The third-order valence-corrected chi connectivity index (χ3v) is 3.66. The second-order valence-corrected chi connectivity index (χ2v) is 6.25. The maximum absolute atomic E-state index is 4.86. The van der Waals surface area contributed by atoms with Crippen molar-refractivity contribution in [1.82, 2.24) is 9.97 Å². The fourth-order valence-corrected chi connectivity index (χ4v) is 1.95. The van der Waals surface area contributed by atoms with Gasteiger partial charge in [0, 0.05) is 17.0 Å². The topological polar surface area (TPSA) is 28.7 Å². The lowest BCUT2D eigenvalue weighted by molar-refractivity contribution is 0.550. The molecular weight excluding hydrogens is 208 g/mol. The number of imidazole rings is 1. The number of aromatic amines is 1. The molecule has 1 aromatic heterocycles. The van der Waals surface area contributed by atoms with E-state index in [1.165, 1.54) is 11.4 Å². The Morgan fingerprint density at radius 2 is 1.59 bits per heavy atom. The minimum absolute atomic E-state index is 0.150. The largest absolute Gasteiger partial charge is 0.345 e. The number of H-pyrrole nitrogens is 1. The summed E-state index contributed by atoms with van der Waals surface area (Å²) in [7, 11) is 0. The highest BCUT2D eigenvalue weighted by molar-refractivity contribution is 5.26. The van der Waals surface area contributed by atoms with Crippen LogP contribution in [0.5, 0.6) is 0 Å². The van der Waals surface area contributed by atoms with E-state index in [1.807, 2.05) is 0 Å². The molecular formula is C15H28N2. The molecule has 1 rings (SSSR count). The van der Waals surface area contributed by atoms with E-state index < -0.39 is 0 Å². The van der Waals surface area contributed by atoms with Crippen molar-refractivity contribution < 1.29 is 0 Å². The van der Waals surface area contributed by atoms with Crippen molar-refractivity contribution in [1.29, 1.82) is 0 Å². The van der Waals surface area contributed by atoms with Gasteiger partial charge in [0.05, 0.1) is 5.69 Å². The van der Waals surface area contributed by atoms with E-state index >= 15 is 0 Å². The summed E-state index contributed by atoms with van der Waals surface area (Å²) in [6, 6.07) is 0. The SMILES string of the molecule is CCC(C)c1nc(C(C)CC)c(C(C)(C)C)[nH]1. The van der Waals surface area contributed by atoms with Gasteiger partial charge in [0.25, 0.3) is 0 Å². The summed E-state index contributed by atoms with van der Waals surface area (Å²) in [5, 5.41) is 0. The lowest BCUT2D eigenvalue weighted by Crippen LogP contribution is -2.15. The second-order valence-electron chi connectivity index (χ2n) is 6.25. The molecule has 0 radical (unpaired) electrons. The number of hydrogen-bond donors (Lipinski definition) is 1. The molecule has 0 saturated carbocycles. The predicted octanol–water partition coefficient (Wildman–Crippen LogP) is 4.73. The minimum atomic E-state index is 0.150. The second kappa shape index (κ2) is 5.24. The van der Waals surface area contributed by atoms with Crippen LogP contribution in [-0.4, -0.2) is 9.97 Å². The van der Waals surface area contributed by atoms with Gasteiger partial charge in [0.1, 0.15) is 5.82 Å². The highest BCUT2D eigenvalue weighted by atomic mass is 15.0. The summed E-state index contributed by atoms with van der Waals surface area (Å²) in [5.41, 5.74) is 2.75. The van der Waals surface area contributed by atoms with E-state index in [0.29, 0.717) is 11.8 Å². The van der Waals surface area contributed by atoms with Crippen LogP contribution in [0.25, 0.3) is 0 Å². The predicted molar refractivity (Wildman–Crippen MR) is 74.7 cm³/mol. The number of nitrogens with zero attached hydrogens (tertiary/aromatic N) is 1. The Bertz CT molecular complexity index is 357. The first kappa shape index (κ1) is 14.3. The van der Waals surface area contributed by atoms with Gasteiger partial charge in [-0.3, -0.25) is 0 Å². The van der Waals surface area contributed by atoms with Crippen molar-refractivity contribution in [3.8, 4) is 0 Å². The molecule has 2 nitrogen and oxygen atoms in total. The van der Waals surface area contributed by atoms with E-state index in [-0.39, 0.29) is 5.41 Å². The molecule has 0 amide bonds. The van der Waals surface area contributed by atoms with Crippen LogP contribution in [0.3, 0.4) is 0 Å². The first-order chi connectivity index (χ1) is 7.81. The number of aromatic nitrogens is 2. The summed E-state index contributed by atoms with van der Waals surface area (Å²) >= 11 is 0. The smallest absolute Gasteiger partial charge is 0.109 e. The van der Waals surface area contributed by atoms with Crippen molar-refractivity contribution in [3.05, 3.63) is 17.2 Å². The zero-order chi connectivity index (χ0) is 13.2. The molecule has 0 fully saturated rings. The van der Waals surface area contributed by atoms with E-state index in [2.05, 4.69) is 53.5 Å². The molecule has 0 aliphatic rings. The van der Waals surface area contributed by atoms with Crippen molar-refractivity contribution in [2.45, 2.75) is 78.6 Å². The first-order valence-corrected chi connectivity index (χ1v) is 6.91. The van der Waals surface area contributed by atoms with Gasteiger partial charge in [-0.25, -0.2) is 4.98 Å². The molecule has 1 aromatic rings. The van der Waals surface area contributed by atoms with Crippen LogP contribution >= 0.6 is 0 Å². The molecule has 2 unspecified atom stereocenters. The fraction of sp³-hybridized carbons (Fsp3) is 0.800. The number of nitrogens with one attached hydrogen (secondary N) is 1. The van der Waals surface area contributed by atoms with Crippen molar-refractivity contribution in [2.75, 3.05) is 0 Å². The van der Waals surface area contributed by atoms with E-state index in [0.717, 1.165) is 18.7 Å². The molecule has 0 spiro atoms. The lowest BCUT2D eigenvalue weighted by atomic mass is 9.87. The Morgan fingerprint density at radius 3 is 2.00 bits per heavy atom. The normalized spacial score (nSPS) is 15.9.